The van der Waals surface area contributed by atoms with Crippen LogP contribution < -0.4 is 10.6 Å². The molecule has 0 spiro atoms. The van der Waals surface area contributed by atoms with E-state index in [4.69, 9.17) is 0 Å². The second-order valence-electron chi connectivity index (χ2n) is 4.99. The minimum Gasteiger partial charge on any atom is -0.326 e. The molecule has 0 bridgehead atoms. The Balaban J connectivity index is 1.73. The highest BCUT2D eigenvalue weighted by Gasteiger charge is 2.11. The number of anilines is 2. The molecule has 7 heteroatoms. The lowest BCUT2D eigenvalue weighted by Crippen LogP contribution is -2.13. The zero-order chi connectivity index (χ0) is 16.9. The van der Waals surface area contributed by atoms with Gasteiger partial charge in [-0.2, -0.15) is 0 Å². The summed E-state index contributed by atoms with van der Waals surface area (Å²) >= 11 is 1.30. The summed E-state index contributed by atoms with van der Waals surface area (Å²) in [6.07, 6.45) is 0. The first-order valence-corrected chi connectivity index (χ1v) is 8.01. The van der Waals surface area contributed by atoms with Crippen LogP contribution in [0.1, 0.15) is 17.3 Å². The van der Waals surface area contributed by atoms with Gasteiger partial charge in [0.2, 0.25) is 11.0 Å². The molecule has 0 aliphatic carbocycles. The Hall–Kier alpha value is -3.06. The van der Waals surface area contributed by atoms with E-state index >= 15 is 0 Å². The van der Waals surface area contributed by atoms with Gasteiger partial charge in [-0.3, -0.25) is 14.9 Å². The average molecular weight is 338 g/mol. The lowest BCUT2D eigenvalue weighted by molar-refractivity contribution is -0.114. The molecule has 0 aliphatic rings. The Kier molecular flexibility index (Phi) is 4.62. The first-order valence-electron chi connectivity index (χ1n) is 7.20. The fourth-order valence-corrected chi connectivity index (χ4v) is 2.83. The summed E-state index contributed by atoms with van der Waals surface area (Å²) in [6.45, 7) is 1.42. The van der Waals surface area contributed by atoms with Gasteiger partial charge in [0.05, 0.1) is 0 Å². The third-order valence-corrected chi connectivity index (χ3v) is 4.00. The van der Waals surface area contributed by atoms with Crippen molar-refractivity contribution in [3.05, 3.63) is 60.2 Å². The normalized spacial score (nSPS) is 10.2. The maximum Gasteiger partial charge on any atom is 0.257 e. The second-order valence-corrected chi connectivity index (χ2v) is 5.97. The topological polar surface area (TPSA) is 84.0 Å². The smallest absolute Gasteiger partial charge is 0.257 e. The van der Waals surface area contributed by atoms with Crippen molar-refractivity contribution in [2.45, 2.75) is 6.92 Å². The molecule has 0 fully saturated rings. The largest absolute Gasteiger partial charge is 0.326 e. The van der Waals surface area contributed by atoms with E-state index in [1.54, 1.807) is 24.3 Å². The van der Waals surface area contributed by atoms with Gasteiger partial charge >= 0.3 is 0 Å². The molecular formula is C17H14N4O2S. The molecule has 2 aromatic carbocycles. The Labute approximate surface area is 142 Å². The Morgan fingerprint density at radius 1 is 0.958 bits per heavy atom. The highest BCUT2D eigenvalue weighted by atomic mass is 32.1. The molecule has 0 unspecified atom stereocenters. The number of benzene rings is 2. The molecule has 2 amide bonds. The maximum atomic E-state index is 12.3. The van der Waals surface area contributed by atoms with Gasteiger partial charge in [-0.1, -0.05) is 47.7 Å². The Morgan fingerprint density at radius 3 is 2.50 bits per heavy atom. The molecule has 0 radical (unpaired) electrons. The summed E-state index contributed by atoms with van der Waals surface area (Å²) in [5, 5.41) is 14.6. The quantitative estimate of drug-likeness (QED) is 0.763. The van der Waals surface area contributed by atoms with E-state index in [1.807, 2.05) is 30.3 Å². The minimum absolute atomic E-state index is 0.191. The van der Waals surface area contributed by atoms with E-state index in [0.717, 1.165) is 10.6 Å². The molecular weight excluding hydrogens is 324 g/mol. The van der Waals surface area contributed by atoms with Gasteiger partial charge in [0.25, 0.3) is 5.91 Å². The average Bonchev–Trinajstić information content (AvgIpc) is 3.04. The predicted molar refractivity (Wildman–Crippen MR) is 94.0 cm³/mol. The van der Waals surface area contributed by atoms with Crippen molar-refractivity contribution in [2.24, 2.45) is 0 Å². The number of rotatable bonds is 4. The van der Waals surface area contributed by atoms with Crippen molar-refractivity contribution in [2.75, 3.05) is 10.6 Å². The van der Waals surface area contributed by atoms with E-state index in [0.29, 0.717) is 16.4 Å². The van der Waals surface area contributed by atoms with Gasteiger partial charge in [0.1, 0.15) is 5.01 Å². The summed E-state index contributed by atoms with van der Waals surface area (Å²) in [5.41, 5.74) is 1.94. The maximum absolute atomic E-state index is 12.3. The highest BCUT2D eigenvalue weighted by Crippen LogP contribution is 2.26. The van der Waals surface area contributed by atoms with Crippen LogP contribution in [0.3, 0.4) is 0 Å². The summed E-state index contributed by atoms with van der Waals surface area (Å²) in [4.78, 5) is 23.4. The zero-order valence-electron chi connectivity index (χ0n) is 12.8. The predicted octanol–water partition coefficient (Wildman–Crippen LogP) is 3.42. The van der Waals surface area contributed by atoms with Crippen molar-refractivity contribution >= 4 is 34.0 Å². The third-order valence-electron chi connectivity index (χ3n) is 3.11. The molecule has 120 valence electrons. The molecule has 3 aromatic rings. The van der Waals surface area contributed by atoms with Gasteiger partial charge < -0.3 is 5.32 Å². The highest BCUT2D eigenvalue weighted by molar-refractivity contribution is 7.18. The molecule has 0 atom stereocenters. The van der Waals surface area contributed by atoms with Gasteiger partial charge in [0, 0.05) is 23.7 Å². The van der Waals surface area contributed by atoms with Crippen LogP contribution in [-0.2, 0) is 4.79 Å². The number of hydrogen-bond donors (Lipinski definition) is 2. The summed E-state index contributed by atoms with van der Waals surface area (Å²) in [5.74, 6) is -0.498. The number of nitrogens with one attached hydrogen (secondary N) is 2. The molecule has 0 aliphatic heterocycles. The molecule has 0 saturated heterocycles. The van der Waals surface area contributed by atoms with Gasteiger partial charge in [0.15, 0.2) is 0 Å². The van der Waals surface area contributed by atoms with E-state index < -0.39 is 0 Å². The molecule has 2 N–H and O–H groups in total. The van der Waals surface area contributed by atoms with Crippen LogP contribution in [-0.4, -0.2) is 22.0 Å². The van der Waals surface area contributed by atoms with E-state index in [-0.39, 0.29) is 11.8 Å². The summed E-state index contributed by atoms with van der Waals surface area (Å²) in [6, 6.07) is 16.3. The number of carbonyl (C=O) groups is 2. The SMILES string of the molecule is CC(=O)Nc1cccc(C(=O)Nc2nnc(-c3ccccc3)s2)c1. The number of aromatic nitrogens is 2. The minimum atomic E-state index is -0.307. The first-order chi connectivity index (χ1) is 11.6. The Bertz CT molecular complexity index is 877. The van der Waals surface area contributed by atoms with Crippen molar-refractivity contribution in [1.29, 1.82) is 0 Å². The van der Waals surface area contributed by atoms with Crippen LogP contribution in [0, 0.1) is 0 Å². The van der Waals surface area contributed by atoms with Crippen LogP contribution in [0.4, 0.5) is 10.8 Å². The van der Waals surface area contributed by atoms with Crippen LogP contribution in [0.2, 0.25) is 0 Å². The number of amides is 2. The van der Waals surface area contributed by atoms with Crippen molar-refractivity contribution in [3.8, 4) is 10.6 Å². The number of hydrogen-bond acceptors (Lipinski definition) is 5. The van der Waals surface area contributed by atoms with E-state index in [9.17, 15) is 9.59 Å². The Morgan fingerprint density at radius 2 is 1.75 bits per heavy atom. The van der Waals surface area contributed by atoms with Crippen LogP contribution in [0.5, 0.6) is 0 Å². The third kappa shape index (κ3) is 3.82. The summed E-state index contributed by atoms with van der Waals surface area (Å²) < 4.78 is 0. The molecule has 1 heterocycles. The molecule has 1 aromatic heterocycles. The van der Waals surface area contributed by atoms with E-state index in [2.05, 4.69) is 20.8 Å². The van der Waals surface area contributed by atoms with Gasteiger partial charge in [-0.05, 0) is 18.2 Å². The fourth-order valence-electron chi connectivity index (χ4n) is 2.08. The van der Waals surface area contributed by atoms with Gasteiger partial charge in [-0.25, -0.2) is 0 Å². The second kappa shape index (κ2) is 7.01. The lowest BCUT2D eigenvalue weighted by Gasteiger charge is -2.05. The fraction of sp³-hybridized carbons (Fsp3) is 0.0588. The number of nitrogens with zero attached hydrogens (tertiary/aromatic N) is 2. The first kappa shape index (κ1) is 15.8. The molecule has 24 heavy (non-hydrogen) atoms. The molecule has 6 nitrogen and oxygen atoms in total. The monoisotopic (exact) mass is 338 g/mol. The zero-order valence-corrected chi connectivity index (χ0v) is 13.6. The lowest BCUT2D eigenvalue weighted by atomic mass is 10.2. The van der Waals surface area contributed by atoms with Crippen LogP contribution in [0.15, 0.2) is 54.6 Å². The molecule has 0 saturated carbocycles. The van der Waals surface area contributed by atoms with Crippen molar-refractivity contribution < 1.29 is 9.59 Å². The van der Waals surface area contributed by atoms with E-state index in [1.165, 1.54) is 18.3 Å². The van der Waals surface area contributed by atoms with Crippen LogP contribution in [0.25, 0.3) is 10.6 Å². The molecule has 3 rings (SSSR count). The summed E-state index contributed by atoms with van der Waals surface area (Å²) in [7, 11) is 0. The number of carbonyl (C=O) groups excluding carboxylic acids is 2. The van der Waals surface area contributed by atoms with Crippen molar-refractivity contribution in [3.63, 3.8) is 0 Å². The van der Waals surface area contributed by atoms with Crippen LogP contribution >= 0.6 is 11.3 Å². The standard InChI is InChI=1S/C17H14N4O2S/c1-11(22)18-14-9-5-8-13(10-14)15(23)19-17-21-20-16(24-17)12-6-3-2-4-7-12/h2-10H,1H3,(H,18,22)(H,19,21,23). The van der Waals surface area contributed by atoms with Crippen molar-refractivity contribution in [1.82, 2.24) is 10.2 Å². The van der Waals surface area contributed by atoms with Gasteiger partial charge in [-0.15, -0.1) is 10.2 Å².